The fourth-order valence-corrected chi connectivity index (χ4v) is 5.13. The first-order valence-corrected chi connectivity index (χ1v) is 13.9. The van der Waals surface area contributed by atoms with E-state index in [1.165, 1.54) is 4.90 Å². The minimum atomic E-state index is -3.82. The van der Waals surface area contributed by atoms with E-state index < -0.39 is 28.5 Å². The summed E-state index contributed by atoms with van der Waals surface area (Å²) in [5.74, 6) is -0.726. The van der Waals surface area contributed by atoms with Crippen molar-refractivity contribution in [2.75, 3.05) is 23.7 Å². The number of nitrogens with one attached hydrogen (secondary N) is 1. The number of halogens is 3. The molecule has 0 saturated heterocycles. The predicted molar refractivity (Wildman–Crippen MR) is 141 cm³/mol. The minimum absolute atomic E-state index is 0.0683. The van der Waals surface area contributed by atoms with Gasteiger partial charge in [-0.15, -0.1) is 0 Å². The lowest BCUT2D eigenvalue weighted by Gasteiger charge is -2.32. The largest absolute Gasteiger partial charge is 0.354 e. The lowest BCUT2D eigenvalue weighted by molar-refractivity contribution is -0.139. The summed E-state index contributed by atoms with van der Waals surface area (Å²) in [6.45, 7) is 5.36. The van der Waals surface area contributed by atoms with Gasteiger partial charge < -0.3 is 10.2 Å². The molecule has 1 N–H and O–H groups in total. The Morgan fingerprint density at radius 2 is 1.62 bits per heavy atom. The summed E-state index contributed by atoms with van der Waals surface area (Å²) >= 11 is 16.0. The van der Waals surface area contributed by atoms with Crippen molar-refractivity contribution in [1.29, 1.82) is 0 Å². The van der Waals surface area contributed by atoms with Crippen LogP contribution < -0.4 is 9.62 Å². The summed E-state index contributed by atoms with van der Waals surface area (Å²) in [5, 5.41) is 3.50. The number of benzene rings is 2. The van der Waals surface area contributed by atoms with Crippen LogP contribution >= 0.6 is 39.1 Å². The summed E-state index contributed by atoms with van der Waals surface area (Å²) in [7, 11) is -3.82. The van der Waals surface area contributed by atoms with Gasteiger partial charge in [-0.25, -0.2) is 8.42 Å². The number of sulfonamides is 1. The zero-order valence-corrected chi connectivity index (χ0v) is 23.3. The van der Waals surface area contributed by atoms with E-state index >= 15 is 0 Å². The Kier molecular flexibility index (Phi) is 10.2. The first-order chi connectivity index (χ1) is 15.8. The standard InChI is InChI=1S/C23H28BrCl2N3O4S/c1-15(2)12-27-23(31)16(3)28(13-17-19(25)9-7-10-20(17)26)22(30)14-29(34(4,32)33)21-11-6-5-8-18(21)24/h5-11,15-16H,12-14H2,1-4H3,(H,27,31). The molecule has 2 rings (SSSR count). The third-order valence-corrected chi connectivity index (χ3v) is 7.55. The van der Waals surface area contributed by atoms with Crippen LogP contribution in [0.15, 0.2) is 46.9 Å². The van der Waals surface area contributed by atoms with Crippen molar-refractivity contribution in [1.82, 2.24) is 10.2 Å². The van der Waals surface area contributed by atoms with Gasteiger partial charge in [0, 0.05) is 33.2 Å². The normalized spacial score (nSPS) is 12.4. The van der Waals surface area contributed by atoms with Crippen molar-refractivity contribution in [3.63, 3.8) is 0 Å². The average Bonchev–Trinajstić information content (AvgIpc) is 2.75. The third kappa shape index (κ3) is 7.60. The Morgan fingerprint density at radius 1 is 1.03 bits per heavy atom. The molecule has 1 atom stereocenters. The second kappa shape index (κ2) is 12.2. The summed E-state index contributed by atoms with van der Waals surface area (Å²) in [5.41, 5.74) is 0.778. The van der Waals surface area contributed by atoms with Gasteiger partial charge in [-0.1, -0.05) is 55.2 Å². The van der Waals surface area contributed by atoms with E-state index in [1.54, 1.807) is 49.4 Å². The van der Waals surface area contributed by atoms with Crippen LogP contribution in [-0.2, 0) is 26.2 Å². The molecule has 0 aliphatic carbocycles. The van der Waals surface area contributed by atoms with Crippen molar-refractivity contribution in [2.24, 2.45) is 5.92 Å². The molecule has 0 radical (unpaired) electrons. The highest BCUT2D eigenvalue weighted by atomic mass is 79.9. The van der Waals surface area contributed by atoms with Gasteiger partial charge in [0.25, 0.3) is 0 Å². The number of para-hydroxylation sites is 1. The molecule has 0 fully saturated rings. The Bertz CT molecular complexity index is 1120. The van der Waals surface area contributed by atoms with E-state index in [9.17, 15) is 18.0 Å². The van der Waals surface area contributed by atoms with Crippen LogP contribution in [0.4, 0.5) is 5.69 Å². The number of carbonyl (C=O) groups is 2. The Morgan fingerprint density at radius 3 is 2.15 bits per heavy atom. The summed E-state index contributed by atoms with van der Waals surface area (Å²) in [6, 6.07) is 10.7. The quantitative estimate of drug-likeness (QED) is 0.433. The maximum Gasteiger partial charge on any atom is 0.244 e. The number of hydrogen-bond acceptors (Lipinski definition) is 4. The van der Waals surface area contributed by atoms with Gasteiger partial charge in [0.1, 0.15) is 12.6 Å². The van der Waals surface area contributed by atoms with Gasteiger partial charge in [-0.3, -0.25) is 13.9 Å². The van der Waals surface area contributed by atoms with E-state index in [2.05, 4.69) is 21.2 Å². The van der Waals surface area contributed by atoms with Gasteiger partial charge >= 0.3 is 0 Å². The molecular weight excluding hydrogens is 565 g/mol. The van der Waals surface area contributed by atoms with Gasteiger partial charge in [-0.2, -0.15) is 0 Å². The summed E-state index contributed by atoms with van der Waals surface area (Å²) < 4.78 is 26.7. The maximum atomic E-state index is 13.5. The Hall–Kier alpha value is -1.81. The first kappa shape index (κ1) is 28.4. The fraction of sp³-hybridized carbons (Fsp3) is 0.391. The Labute approximate surface area is 219 Å². The second-order valence-corrected chi connectivity index (χ2v) is 11.8. The van der Waals surface area contributed by atoms with Gasteiger partial charge in [0.2, 0.25) is 21.8 Å². The molecule has 2 aromatic rings. The minimum Gasteiger partial charge on any atom is -0.354 e. The van der Waals surface area contributed by atoms with Crippen LogP contribution in [0, 0.1) is 5.92 Å². The lowest BCUT2D eigenvalue weighted by Crippen LogP contribution is -2.51. The number of rotatable bonds is 10. The van der Waals surface area contributed by atoms with Crippen LogP contribution in [0.1, 0.15) is 26.3 Å². The second-order valence-electron chi connectivity index (χ2n) is 8.26. The molecule has 0 heterocycles. The molecule has 2 aromatic carbocycles. The van der Waals surface area contributed by atoms with Crippen LogP contribution in [0.2, 0.25) is 10.0 Å². The number of hydrogen-bond donors (Lipinski definition) is 1. The number of anilines is 1. The zero-order valence-electron chi connectivity index (χ0n) is 19.4. The topological polar surface area (TPSA) is 86.8 Å². The van der Waals surface area contributed by atoms with Crippen LogP contribution in [-0.4, -0.2) is 50.5 Å². The highest BCUT2D eigenvalue weighted by molar-refractivity contribution is 9.10. The highest BCUT2D eigenvalue weighted by Gasteiger charge is 2.31. The van der Waals surface area contributed by atoms with Crippen molar-refractivity contribution in [3.8, 4) is 0 Å². The molecule has 2 amide bonds. The number of amides is 2. The molecule has 34 heavy (non-hydrogen) atoms. The van der Waals surface area contributed by atoms with Crippen molar-refractivity contribution in [3.05, 3.63) is 62.5 Å². The molecule has 11 heteroatoms. The van der Waals surface area contributed by atoms with Crippen LogP contribution in [0.3, 0.4) is 0 Å². The SMILES string of the molecule is CC(C)CNC(=O)C(C)N(Cc1c(Cl)cccc1Cl)C(=O)CN(c1ccccc1Br)S(C)(=O)=O. The molecular formula is C23H28BrCl2N3O4S. The summed E-state index contributed by atoms with van der Waals surface area (Å²) in [6.07, 6.45) is 1.02. The van der Waals surface area contributed by atoms with E-state index in [0.29, 0.717) is 32.3 Å². The molecule has 0 aliphatic rings. The fourth-order valence-electron chi connectivity index (χ4n) is 3.14. The summed E-state index contributed by atoms with van der Waals surface area (Å²) in [4.78, 5) is 27.7. The molecule has 0 spiro atoms. The average molecular weight is 593 g/mol. The highest BCUT2D eigenvalue weighted by Crippen LogP contribution is 2.29. The molecule has 0 saturated carbocycles. The molecule has 0 aromatic heterocycles. The lowest BCUT2D eigenvalue weighted by atomic mass is 10.1. The van der Waals surface area contributed by atoms with Crippen molar-refractivity contribution < 1.29 is 18.0 Å². The predicted octanol–water partition coefficient (Wildman–Crippen LogP) is 4.71. The molecule has 1 unspecified atom stereocenters. The molecule has 0 bridgehead atoms. The molecule has 186 valence electrons. The maximum absolute atomic E-state index is 13.5. The van der Waals surface area contributed by atoms with Crippen molar-refractivity contribution >= 4 is 66.7 Å². The molecule has 7 nitrogen and oxygen atoms in total. The van der Waals surface area contributed by atoms with Gasteiger partial charge in [-0.05, 0) is 53.0 Å². The van der Waals surface area contributed by atoms with E-state index in [1.807, 2.05) is 13.8 Å². The van der Waals surface area contributed by atoms with E-state index in [4.69, 9.17) is 23.2 Å². The van der Waals surface area contributed by atoms with Crippen LogP contribution in [0.5, 0.6) is 0 Å². The monoisotopic (exact) mass is 591 g/mol. The van der Waals surface area contributed by atoms with Crippen molar-refractivity contribution in [2.45, 2.75) is 33.4 Å². The zero-order chi connectivity index (χ0) is 25.6. The Balaban J connectivity index is 2.44. The van der Waals surface area contributed by atoms with Gasteiger partial charge in [0.05, 0.1) is 11.9 Å². The van der Waals surface area contributed by atoms with Crippen LogP contribution in [0.25, 0.3) is 0 Å². The smallest absolute Gasteiger partial charge is 0.244 e. The first-order valence-electron chi connectivity index (χ1n) is 10.5. The number of nitrogens with zero attached hydrogens (tertiary/aromatic N) is 2. The third-order valence-electron chi connectivity index (χ3n) is 5.04. The number of carbonyl (C=O) groups excluding carboxylic acids is 2. The van der Waals surface area contributed by atoms with E-state index in [0.717, 1.165) is 10.6 Å². The molecule has 0 aliphatic heterocycles. The van der Waals surface area contributed by atoms with Gasteiger partial charge in [0.15, 0.2) is 0 Å². The van der Waals surface area contributed by atoms with E-state index in [-0.39, 0.29) is 18.4 Å².